The Morgan fingerprint density at radius 1 is 1.16 bits per heavy atom. The molecule has 0 bridgehead atoms. The topological polar surface area (TPSA) is 111 Å². The van der Waals surface area contributed by atoms with Gasteiger partial charge >= 0.3 is 0 Å². The lowest BCUT2D eigenvalue weighted by atomic mass is 10.0. The van der Waals surface area contributed by atoms with Gasteiger partial charge in [-0.05, 0) is 30.2 Å². The van der Waals surface area contributed by atoms with E-state index >= 15 is 0 Å². The smallest absolute Gasteiger partial charge is 0.279 e. The van der Waals surface area contributed by atoms with E-state index in [0.717, 1.165) is 15.7 Å². The van der Waals surface area contributed by atoms with Crippen LogP contribution >= 0.6 is 0 Å². The first kappa shape index (κ1) is 21.4. The molecule has 32 heavy (non-hydrogen) atoms. The van der Waals surface area contributed by atoms with Crippen molar-refractivity contribution in [2.75, 3.05) is 14.2 Å². The van der Waals surface area contributed by atoms with Gasteiger partial charge in [-0.25, -0.2) is 9.67 Å². The number of nitrogens with one attached hydrogen (secondary N) is 2. The maximum atomic E-state index is 13.1. The molecule has 0 spiro atoms. The van der Waals surface area contributed by atoms with Crippen molar-refractivity contribution in [1.82, 2.24) is 25.1 Å². The van der Waals surface area contributed by atoms with Crippen LogP contribution in [-0.2, 0) is 11.3 Å². The van der Waals surface area contributed by atoms with Crippen molar-refractivity contribution >= 4 is 27.7 Å². The van der Waals surface area contributed by atoms with Crippen molar-refractivity contribution in [1.29, 1.82) is 0 Å². The van der Waals surface area contributed by atoms with Gasteiger partial charge in [0.2, 0.25) is 5.91 Å². The fraction of sp³-hybridized carbons (Fsp3) is 0.304. The van der Waals surface area contributed by atoms with Crippen molar-refractivity contribution < 1.29 is 14.3 Å². The standard InChI is InChI=1S/C23H25N5O4/c1-13(2)20(22-25-15-7-5-6-8-16(15)26-22)27-18(29)12-28-23(30)19-14(11-24-28)9-10-17(31-3)21(19)32-4/h5-11,13,20H,12H2,1-4H3,(H,25,26)(H,27,29)/t20-/m1/s1. The molecule has 1 atom stereocenters. The summed E-state index contributed by atoms with van der Waals surface area (Å²) in [6, 6.07) is 10.8. The fourth-order valence-electron chi connectivity index (χ4n) is 3.72. The summed E-state index contributed by atoms with van der Waals surface area (Å²) in [5.41, 5.74) is 1.30. The van der Waals surface area contributed by atoms with Crippen LogP contribution in [0.25, 0.3) is 21.8 Å². The van der Waals surface area contributed by atoms with Crippen LogP contribution in [0.1, 0.15) is 25.7 Å². The van der Waals surface area contributed by atoms with Gasteiger partial charge in [0.25, 0.3) is 5.56 Å². The zero-order valence-corrected chi connectivity index (χ0v) is 18.4. The predicted molar refractivity (Wildman–Crippen MR) is 121 cm³/mol. The van der Waals surface area contributed by atoms with Crippen LogP contribution in [0.4, 0.5) is 0 Å². The molecule has 0 unspecified atom stereocenters. The molecule has 0 aliphatic rings. The first-order valence-corrected chi connectivity index (χ1v) is 10.3. The number of ether oxygens (including phenoxy) is 2. The van der Waals surface area contributed by atoms with E-state index in [4.69, 9.17) is 9.47 Å². The zero-order valence-electron chi connectivity index (χ0n) is 18.4. The van der Waals surface area contributed by atoms with Crippen LogP contribution in [0.15, 0.2) is 47.4 Å². The molecule has 9 heteroatoms. The van der Waals surface area contributed by atoms with Gasteiger partial charge in [-0.3, -0.25) is 9.59 Å². The summed E-state index contributed by atoms with van der Waals surface area (Å²) in [5.74, 6) is 1.14. The Bertz CT molecular complexity index is 1310. The number of hydrogen-bond acceptors (Lipinski definition) is 6. The molecule has 0 aliphatic carbocycles. The maximum Gasteiger partial charge on any atom is 0.279 e. The molecular formula is C23H25N5O4. The SMILES string of the molecule is COc1ccc2cnn(CC(=O)N[C@@H](c3nc4ccccc4[nH]3)C(C)C)c(=O)c2c1OC. The molecule has 0 fully saturated rings. The predicted octanol–water partition coefficient (Wildman–Crippen LogP) is 2.80. The number of carbonyl (C=O) groups excluding carboxylic acids is 1. The van der Waals surface area contributed by atoms with Gasteiger partial charge in [0.05, 0.1) is 42.9 Å². The summed E-state index contributed by atoms with van der Waals surface area (Å²) < 4.78 is 11.8. The Morgan fingerprint density at radius 2 is 1.94 bits per heavy atom. The highest BCUT2D eigenvalue weighted by atomic mass is 16.5. The molecule has 4 rings (SSSR count). The summed E-state index contributed by atoms with van der Waals surface area (Å²) in [4.78, 5) is 33.8. The van der Waals surface area contributed by atoms with Crippen LogP contribution in [0.5, 0.6) is 11.5 Å². The third-order valence-electron chi connectivity index (χ3n) is 5.34. The molecule has 1 amide bonds. The number of amides is 1. The number of aromatic amines is 1. The first-order chi connectivity index (χ1) is 15.4. The van der Waals surface area contributed by atoms with Crippen LogP contribution in [0, 0.1) is 5.92 Å². The minimum Gasteiger partial charge on any atom is -0.493 e. The van der Waals surface area contributed by atoms with E-state index in [1.807, 2.05) is 38.1 Å². The number of rotatable bonds is 7. The summed E-state index contributed by atoms with van der Waals surface area (Å²) in [6.45, 7) is 3.75. The average molecular weight is 435 g/mol. The van der Waals surface area contributed by atoms with Gasteiger partial charge in [-0.2, -0.15) is 5.10 Å². The number of nitrogens with zero attached hydrogens (tertiary/aromatic N) is 3. The van der Waals surface area contributed by atoms with Gasteiger partial charge in [0.1, 0.15) is 12.4 Å². The number of imidazole rings is 1. The second-order valence-electron chi connectivity index (χ2n) is 7.80. The molecule has 0 saturated carbocycles. The van der Waals surface area contributed by atoms with Crippen LogP contribution in [0.2, 0.25) is 0 Å². The fourth-order valence-corrected chi connectivity index (χ4v) is 3.72. The molecule has 0 radical (unpaired) electrons. The average Bonchev–Trinajstić information content (AvgIpc) is 3.22. The second kappa shape index (κ2) is 8.70. The number of hydrogen-bond donors (Lipinski definition) is 2. The Kier molecular flexibility index (Phi) is 5.81. The quantitative estimate of drug-likeness (QED) is 0.462. The molecule has 2 aromatic carbocycles. The minimum atomic E-state index is -0.432. The van der Waals surface area contributed by atoms with Crippen LogP contribution in [0.3, 0.4) is 0 Å². The monoisotopic (exact) mass is 435 g/mol. The highest BCUT2D eigenvalue weighted by Gasteiger charge is 2.23. The summed E-state index contributed by atoms with van der Waals surface area (Å²) in [5, 5.41) is 8.06. The summed E-state index contributed by atoms with van der Waals surface area (Å²) >= 11 is 0. The molecule has 2 heterocycles. The van der Waals surface area contributed by atoms with E-state index in [2.05, 4.69) is 20.4 Å². The van der Waals surface area contributed by atoms with E-state index in [-0.39, 0.29) is 24.4 Å². The van der Waals surface area contributed by atoms with Crippen molar-refractivity contribution in [2.45, 2.75) is 26.4 Å². The van der Waals surface area contributed by atoms with E-state index in [0.29, 0.717) is 28.1 Å². The summed E-state index contributed by atoms with van der Waals surface area (Å²) in [6.07, 6.45) is 1.53. The number of methoxy groups -OCH3 is 2. The van der Waals surface area contributed by atoms with E-state index in [1.165, 1.54) is 20.4 Å². The Balaban J connectivity index is 1.62. The van der Waals surface area contributed by atoms with Gasteiger partial charge in [0, 0.05) is 5.39 Å². The summed E-state index contributed by atoms with van der Waals surface area (Å²) in [7, 11) is 2.97. The molecule has 4 aromatic rings. The first-order valence-electron chi connectivity index (χ1n) is 10.3. The molecule has 0 saturated heterocycles. The van der Waals surface area contributed by atoms with Crippen molar-refractivity contribution in [3.63, 3.8) is 0 Å². The number of aromatic nitrogens is 4. The lowest BCUT2D eigenvalue weighted by Crippen LogP contribution is -2.37. The number of fused-ring (bicyclic) bond motifs is 2. The Hall–Kier alpha value is -3.88. The van der Waals surface area contributed by atoms with E-state index < -0.39 is 5.56 Å². The number of H-pyrrole nitrogens is 1. The third kappa shape index (κ3) is 3.89. The lowest BCUT2D eigenvalue weighted by Gasteiger charge is -2.20. The molecular weight excluding hydrogens is 410 g/mol. The Morgan fingerprint density at radius 3 is 2.62 bits per heavy atom. The largest absolute Gasteiger partial charge is 0.493 e. The molecule has 0 aliphatic heterocycles. The van der Waals surface area contributed by atoms with Crippen LogP contribution in [-0.4, -0.2) is 39.9 Å². The second-order valence-corrected chi connectivity index (χ2v) is 7.80. The van der Waals surface area contributed by atoms with Crippen molar-refractivity contribution in [2.24, 2.45) is 5.92 Å². The maximum absolute atomic E-state index is 13.1. The third-order valence-corrected chi connectivity index (χ3v) is 5.34. The van der Waals surface area contributed by atoms with E-state index in [9.17, 15) is 9.59 Å². The highest BCUT2D eigenvalue weighted by molar-refractivity contribution is 5.89. The molecule has 2 aromatic heterocycles. The molecule has 9 nitrogen and oxygen atoms in total. The minimum absolute atomic E-state index is 0.0742. The van der Waals surface area contributed by atoms with Crippen molar-refractivity contribution in [3.05, 3.63) is 58.8 Å². The number of benzene rings is 2. The van der Waals surface area contributed by atoms with E-state index in [1.54, 1.807) is 12.1 Å². The highest BCUT2D eigenvalue weighted by Crippen LogP contribution is 2.32. The van der Waals surface area contributed by atoms with Gasteiger partial charge in [0.15, 0.2) is 11.5 Å². The number of carbonyl (C=O) groups is 1. The van der Waals surface area contributed by atoms with Gasteiger partial charge in [-0.1, -0.05) is 26.0 Å². The van der Waals surface area contributed by atoms with Crippen molar-refractivity contribution in [3.8, 4) is 11.5 Å². The normalized spacial score (nSPS) is 12.3. The number of para-hydroxylation sites is 2. The zero-order chi connectivity index (χ0) is 22.8. The van der Waals surface area contributed by atoms with Gasteiger partial charge < -0.3 is 19.8 Å². The Labute approximate surface area is 184 Å². The van der Waals surface area contributed by atoms with Crippen LogP contribution < -0.4 is 20.3 Å². The lowest BCUT2D eigenvalue weighted by molar-refractivity contribution is -0.123. The molecule has 166 valence electrons. The van der Waals surface area contributed by atoms with Gasteiger partial charge in [-0.15, -0.1) is 0 Å². The molecule has 2 N–H and O–H groups in total.